The Morgan fingerprint density at radius 1 is 1.38 bits per heavy atom. The van der Waals surface area contributed by atoms with E-state index in [1.54, 1.807) is 6.07 Å². The van der Waals surface area contributed by atoms with Crippen LogP contribution in [0.3, 0.4) is 0 Å². The molecule has 1 aliphatic carbocycles. The normalized spacial score (nSPS) is 16.2. The van der Waals surface area contributed by atoms with E-state index in [9.17, 15) is 19.1 Å². The number of hydrogen-bond donors (Lipinski definition) is 2. The van der Waals surface area contributed by atoms with Crippen LogP contribution in [-0.4, -0.2) is 17.0 Å². The van der Waals surface area contributed by atoms with Gasteiger partial charge in [-0.2, -0.15) is 5.26 Å². The predicted octanol–water partition coefficient (Wildman–Crippen LogP) is 2.67. The van der Waals surface area contributed by atoms with Gasteiger partial charge in [-0.15, -0.1) is 0 Å². The summed E-state index contributed by atoms with van der Waals surface area (Å²) in [4.78, 5) is 23.4. The minimum atomic E-state index is -1.03. The molecule has 0 heterocycles. The summed E-state index contributed by atoms with van der Waals surface area (Å²) in [6.07, 6.45) is 2.33. The molecule has 1 aliphatic rings. The van der Waals surface area contributed by atoms with Crippen molar-refractivity contribution in [2.75, 3.05) is 5.32 Å². The van der Waals surface area contributed by atoms with Crippen molar-refractivity contribution in [2.24, 2.45) is 5.41 Å². The minimum Gasteiger partial charge on any atom is -0.481 e. The van der Waals surface area contributed by atoms with E-state index in [4.69, 9.17) is 5.26 Å². The van der Waals surface area contributed by atoms with Gasteiger partial charge in [-0.3, -0.25) is 9.59 Å². The summed E-state index contributed by atoms with van der Waals surface area (Å²) in [5.74, 6) is -2.21. The molecule has 1 fully saturated rings. The molecule has 0 bridgehead atoms. The molecule has 5 nitrogen and oxygen atoms in total. The van der Waals surface area contributed by atoms with Crippen molar-refractivity contribution < 1.29 is 19.1 Å². The van der Waals surface area contributed by atoms with Crippen LogP contribution in [0.4, 0.5) is 10.1 Å². The van der Waals surface area contributed by atoms with Crippen molar-refractivity contribution in [2.45, 2.75) is 32.1 Å². The van der Waals surface area contributed by atoms with Gasteiger partial charge in [-0.05, 0) is 31.0 Å². The third-order valence-electron chi connectivity index (χ3n) is 3.89. The van der Waals surface area contributed by atoms with Gasteiger partial charge in [0.05, 0.1) is 22.7 Å². The molecule has 1 aromatic carbocycles. The highest BCUT2D eigenvalue weighted by atomic mass is 19.1. The third-order valence-corrected chi connectivity index (χ3v) is 3.89. The molecule has 2 rings (SSSR count). The number of nitrogens with one attached hydrogen (secondary N) is 1. The number of carboxylic acid groups (broad SMARTS) is 1. The first-order chi connectivity index (χ1) is 9.97. The monoisotopic (exact) mass is 290 g/mol. The number of anilines is 1. The standard InChI is InChI=1S/C15H15FN2O3/c16-11-7-10(9-17)3-4-12(11)18-13(19)8-15(14(20)21)5-1-2-6-15/h3-4,7H,1-2,5-6,8H2,(H,18,19)(H,20,21). The number of nitriles is 1. The molecule has 0 atom stereocenters. The van der Waals surface area contributed by atoms with Crippen LogP contribution >= 0.6 is 0 Å². The van der Waals surface area contributed by atoms with Gasteiger partial charge in [0, 0.05) is 6.42 Å². The van der Waals surface area contributed by atoms with E-state index in [0.29, 0.717) is 12.8 Å². The van der Waals surface area contributed by atoms with Crippen molar-refractivity contribution in [3.05, 3.63) is 29.6 Å². The lowest BCUT2D eigenvalue weighted by atomic mass is 9.82. The number of hydrogen-bond acceptors (Lipinski definition) is 3. The highest BCUT2D eigenvalue weighted by molar-refractivity contribution is 5.94. The molecule has 6 heteroatoms. The third kappa shape index (κ3) is 3.19. The van der Waals surface area contributed by atoms with E-state index >= 15 is 0 Å². The van der Waals surface area contributed by atoms with E-state index in [0.717, 1.165) is 18.9 Å². The number of rotatable bonds is 4. The molecular weight excluding hydrogens is 275 g/mol. The molecule has 110 valence electrons. The van der Waals surface area contributed by atoms with Crippen molar-refractivity contribution in [1.82, 2.24) is 0 Å². The minimum absolute atomic E-state index is 0.0439. The number of nitrogens with zero attached hydrogens (tertiary/aromatic N) is 1. The summed E-state index contributed by atoms with van der Waals surface area (Å²) in [5.41, 5.74) is -0.923. The summed E-state index contributed by atoms with van der Waals surface area (Å²) >= 11 is 0. The van der Waals surface area contributed by atoms with Crippen LogP contribution in [0.15, 0.2) is 18.2 Å². The molecule has 0 aliphatic heterocycles. The van der Waals surface area contributed by atoms with Crippen molar-refractivity contribution in [1.29, 1.82) is 5.26 Å². The van der Waals surface area contributed by atoms with Crippen molar-refractivity contribution >= 4 is 17.6 Å². The Bertz CT molecular complexity index is 616. The van der Waals surface area contributed by atoms with Gasteiger partial charge in [-0.1, -0.05) is 12.8 Å². The number of amides is 1. The van der Waals surface area contributed by atoms with E-state index < -0.39 is 23.1 Å². The van der Waals surface area contributed by atoms with Crippen LogP contribution < -0.4 is 5.32 Å². The summed E-state index contributed by atoms with van der Waals surface area (Å²) in [7, 11) is 0. The Kier molecular flexibility index (Phi) is 4.22. The van der Waals surface area contributed by atoms with Crippen LogP contribution in [0.1, 0.15) is 37.7 Å². The summed E-state index contributed by atoms with van der Waals surface area (Å²) in [6.45, 7) is 0. The zero-order chi connectivity index (χ0) is 15.5. The fourth-order valence-electron chi connectivity index (χ4n) is 2.71. The second-order valence-electron chi connectivity index (χ2n) is 5.32. The Morgan fingerprint density at radius 2 is 2.05 bits per heavy atom. The lowest BCUT2D eigenvalue weighted by molar-refractivity contribution is -0.150. The maximum absolute atomic E-state index is 13.7. The topological polar surface area (TPSA) is 90.2 Å². The smallest absolute Gasteiger partial charge is 0.310 e. The summed E-state index contributed by atoms with van der Waals surface area (Å²) in [5, 5.41) is 20.3. The molecule has 2 N–H and O–H groups in total. The van der Waals surface area contributed by atoms with Gasteiger partial charge in [0.15, 0.2) is 0 Å². The van der Waals surface area contributed by atoms with Crippen molar-refractivity contribution in [3.8, 4) is 6.07 Å². The Labute approximate surface area is 121 Å². The highest BCUT2D eigenvalue weighted by Crippen LogP contribution is 2.41. The van der Waals surface area contributed by atoms with Gasteiger partial charge in [0.1, 0.15) is 5.82 Å². The zero-order valence-electron chi connectivity index (χ0n) is 11.4. The van der Waals surface area contributed by atoms with Crippen molar-refractivity contribution in [3.63, 3.8) is 0 Å². The van der Waals surface area contributed by atoms with Gasteiger partial charge in [-0.25, -0.2) is 4.39 Å². The first kappa shape index (κ1) is 15.0. The number of halogens is 1. The van der Waals surface area contributed by atoms with Gasteiger partial charge in [0.25, 0.3) is 0 Å². The molecule has 0 spiro atoms. The average Bonchev–Trinajstić information content (AvgIpc) is 2.90. The molecule has 0 aromatic heterocycles. The van der Waals surface area contributed by atoms with E-state index in [2.05, 4.69) is 5.32 Å². The van der Waals surface area contributed by atoms with Gasteiger partial charge < -0.3 is 10.4 Å². The first-order valence-corrected chi connectivity index (χ1v) is 6.70. The molecule has 1 amide bonds. The number of carbonyl (C=O) groups excluding carboxylic acids is 1. The molecular formula is C15H15FN2O3. The fourth-order valence-corrected chi connectivity index (χ4v) is 2.71. The highest BCUT2D eigenvalue weighted by Gasteiger charge is 2.43. The molecule has 21 heavy (non-hydrogen) atoms. The van der Waals surface area contributed by atoms with E-state index in [1.807, 2.05) is 0 Å². The Hall–Kier alpha value is -2.42. The number of benzene rings is 1. The quantitative estimate of drug-likeness (QED) is 0.892. The second-order valence-corrected chi connectivity index (χ2v) is 5.32. The van der Waals surface area contributed by atoms with Gasteiger partial charge in [0.2, 0.25) is 5.91 Å². The number of aliphatic carboxylic acids is 1. The molecule has 1 saturated carbocycles. The Balaban J connectivity index is 2.08. The molecule has 0 saturated heterocycles. The average molecular weight is 290 g/mol. The maximum atomic E-state index is 13.7. The van der Waals surface area contributed by atoms with Crippen LogP contribution in [0, 0.1) is 22.6 Å². The van der Waals surface area contributed by atoms with Crippen LogP contribution in [0.5, 0.6) is 0 Å². The van der Waals surface area contributed by atoms with Crippen LogP contribution in [0.2, 0.25) is 0 Å². The fraction of sp³-hybridized carbons (Fsp3) is 0.400. The molecule has 0 unspecified atom stereocenters. The van der Waals surface area contributed by atoms with E-state index in [-0.39, 0.29) is 17.7 Å². The maximum Gasteiger partial charge on any atom is 0.310 e. The largest absolute Gasteiger partial charge is 0.481 e. The lowest BCUT2D eigenvalue weighted by Crippen LogP contribution is -2.32. The zero-order valence-corrected chi connectivity index (χ0v) is 11.4. The number of carbonyl (C=O) groups is 2. The van der Waals surface area contributed by atoms with E-state index in [1.165, 1.54) is 12.1 Å². The second kappa shape index (κ2) is 5.92. The van der Waals surface area contributed by atoms with Crippen LogP contribution in [-0.2, 0) is 9.59 Å². The Morgan fingerprint density at radius 3 is 2.57 bits per heavy atom. The van der Waals surface area contributed by atoms with Gasteiger partial charge >= 0.3 is 5.97 Å². The molecule has 0 radical (unpaired) electrons. The number of carboxylic acids is 1. The molecule has 1 aromatic rings. The SMILES string of the molecule is N#Cc1ccc(NC(=O)CC2(C(=O)O)CCCC2)c(F)c1. The lowest BCUT2D eigenvalue weighted by Gasteiger charge is -2.22. The first-order valence-electron chi connectivity index (χ1n) is 6.70. The summed E-state index contributed by atoms with van der Waals surface area (Å²) in [6, 6.07) is 5.51. The van der Waals surface area contributed by atoms with Crippen LogP contribution in [0.25, 0.3) is 0 Å². The predicted molar refractivity (Wildman–Crippen MR) is 72.9 cm³/mol. The summed E-state index contributed by atoms with van der Waals surface area (Å²) < 4.78 is 13.7.